The third-order valence-corrected chi connectivity index (χ3v) is 3.48. The van der Waals surface area contributed by atoms with Crippen LogP contribution in [0.4, 0.5) is 0 Å². The summed E-state index contributed by atoms with van der Waals surface area (Å²) >= 11 is 0. The van der Waals surface area contributed by atoms with Gasteiger partial charge in [-0.05, 0) is 56.2 Å². The number of ketones is 1. The van der Waals surface area contributed by atoms with E-state index >= 15 is 0 Å². The predicted octanol–water partition coefficient (Wildman–Crippen LogP) is 3.50. The number of hydrogen-bond donors (Lipinski definition) is 0. The first-order chi connectivity index (χ1) is 11.4. The molecule has 5 nitrogen and oxygen atoms in total. The molecule has 0 saturated carbocycles. The maximum atomic E-state index is 12.0. The Kier molecular flexibility index (Phi) is 5.58. The normalized spacial score (nSPS) is 10.2. The Morgan fingerprint density at radius 3 is 2.38 bits per heavy atom. The zero-order valence-corrected chi connectivity index (χ0v) is 14.2. The molecular weight excluding hydrogens is 308 g/mol. The molecule has 0 spiro atoms. The molecule has 126 valence electrons. The van der Waals surface area contributed by atoms with Crippen LogP contribution in [-0.2, 0) is 4.79 Å². The first-order valence-electron chi connectivity index (χ1n) is 7.50. The van der Waals surface area contributed by atoms with Crippen molar-refractivity contribution in [2.45, 2.75) is 20.8 Å². The van der Waals surface area contributed by atoms with Gasteiger partial charge in [-0.1, -0.05) is 12.1 Å². The van der Waals surface area contributed by atoms with Crippen LogP contribution in [0.2, 0.25) is 0 Å². The van der Waals surface area contributed by atoms with Gasteiger partial charge in [-0.25, -0.2) is 4.79 Å². The van der Waals surface area contributed by atoms with E-state index in [0.717, 1.165) is 11.1 Å². The first kappa shape index (κ1) is 17.5. The van der Waals surface area contributed by atoms with Crippen molar-refractivity contribution in [3.05, 3.63) is 53.1 Å². The number of hydrogen-bond acceptors (Lipinski definition) is 5. The molecule has 0 amide bonds. The minimum atomic E-state index is -0.551. The van der Waals surface area contributed by atoms with Gasteiger partial charge in [0, 0.05) is 5.56 Å². The molecule has 5 heteroatoms. The zero-order chi connectivity index (χ0) is 17.7. The van der Waals surface area contributed by atoms with E-state index in [-0.39, 0.29) is 18.1 Å². The van der Waals surface area contributed by atoms with Crippen LogP contribution in [-0.4, -0.2) is 25.5 Å². The summed E-state index contributed by atoms with van der Waals surface area (Å²) in [5.41, 5.74) is 2.47. The second-order valence-electron chi connectivity index (χ2n) is 5.45. The molecule has 0 unspecified atom stereocenters. The highest BCUT2D eigenvalue weighted by Crippen LogP contribution is 2.28. The van der Waals surface area contributed by atoms with Crippen molar-refractivity contribution in [3.63, 3.8) is 0 Å². The molecule has 0 N–H and O–H groups in total. The molecule has 0 aromatic heterocycles. The number of rotatable bonds is 6. The third-order valence-electron chi connectivity index (χ3n) is 3.48. The summed E-state index contributed by atoms with van der Waals surface area (Å²) in [4.78, 5) is 23.4. The molecule has 2 aromatic rings. The van der Waals surface area contributed by atoms with Gasteiger partial charge >= 0.3 is 5.97 Å². The van der Waals surface area contributed by atoms with E-state index in [4.69, 9.17) is 14.2 Å². The Balaban J connectivity index is 2.04. The standard InChI is InChI=1S/C19H20O5/c1-12-5-6-13(2)17(9-12)23-11-19(21)24-16-8-7-15(14(3)20)10-18(16)22-4/h5-10H,11H2,1-4H3. The van der Waals surface area contributed by atoms with Gasteiger partial charge in [-0.2, -0.15) is 0 Å². The minimum Gasteiger partial charge on any atom is -0.493 e. The van der Waals surface area contributed by atoms with Crippen molar-refractivity contribution >= 4 is 11.8 Å². The summed E-state index contributed by atoms with van der Waals surface area (Å²) in [6, 6.07) is 10.4. The lowest BCUT2D eigenvalue weighted by Gasteiger charge is -2.12. The topological polar surface area (TPSA) is 61.8 Å². The van der Waals surface area contributed by atoms with Gasteiger partial charge in [0.05, 0.1) is 7.11 Å². The summed E-state index contributed by atoms with van der Waals surface area (Å²) in [6.07, 6.45) is 0. The Labute approximate surface area is 141 Å². The van der Waals surface area contributed by atoms with E-state index in [1.165, 1.54) is 26.2 Å². The molecule has 0 atom stereocenters. The smallest absolute Gasteiger partial charge is 0.349 e. The van der Waals surface area contributed by atoms with E-state index in [9.17, 15) is 9.59 Å². The van der Waals surface area contributed by atoms with Crippen molar-refractivity contribution in [1.82, 2.24) is 0 Å². The summed E-state index contributed by atoms with van der Waals surface area (Å²) < 4.78 is 15.9. The number of aryl methyl sites for hydroxylation is 2. The molecule has 0 aliphatic carbocycles. The second kappa shape index (κ2) is 7.64. The van der Waals surface area contributed by atoms with Crippen molar-refractivity contribution < 1.29 is 23.8 Å². The van der Waals surface area contributed by atoms with Crippen molar-refractivity contribution in [2.75, 3.05) is 13.7 Å². The fourth-order valence-corrected chi connectivity index (χ4v) is 2.12. The maximum Gasteiger partial charge on any atom is 0.349 e. The monoisotopic (exact) mass is 328 g/mol. The van der Waals surface area contributed by atoms with Crippen molar-refractivity contribution in [1.29, 1.82) is 0 Å². The van der Waals surface area contributed by atoms with Crippen LogP contribution in [0.1, 0.15) is 28.4 Å². The predicted molar refractivity (Wildman–Crippen MR) is 90.0 cm³/mol. The molecule has 0 heterocycles. The van der Waals surface area contributed by atoms with E-state index in [0.29, 0.717) is 17.1 Å². The van der Waals surface area contributed by atoms with Crippen molar-refractivity contribution in [2.24, 2.45) is 0 Å². The molecule has 0 radical (unpaired) electrons. The molecule has 0 saturated heterocycles. The van der Waals surface area contributed by atoms with Crippen LogP contribution in [0.3, 0.4) is 0 Å². The quantitative estimate of drug-likeness (QED) is 0.461. The Morgan fingerprint density at radius 1 is 0.958 bits per heavy atom. The average molecular weight is 328 g/mol. The van der Waals surface area contributed by atoms with E-state index in [2.05, 4.69) is 0 Å². The van der Waals surface area contributed by atoms with E-state index in [1.807, 2.05) is 32.0 Å². The summed E-state index contributed by atoms with van der Waals surface area (Å²) in [5, 5.41) is 0. The number of Topliss-reactive ketones (excluding diaryl/α,β-unsaturated/α-hetero) is 1. The Morgan fingerprint density at radius 2 is 1.71 bits per heavy atom. The largest absolute Gasteiger partial charge is 0.493 e. The highest BCUT2D eigenvalue weighted by Gasteiger charge is 2.13. The lowest BCUT2D eigenvalue weighted by Crippen LogP contribution is -2.18. The van der Waals surface area contributed by atoms with E-state index < -0.39 is 5.97 Å². The Hall–Kier alpha value is -2.82. The molecule has 0 fully saturated rings. The van der Waals surface area contributed by atoms with Crippen LogP contribution in [0, 0.1) is 13.8 Å². The molecule has 0 bridgehead atoms. The maximum absolute atomic E-state index is 12.0. The summed E-state index contributed by atoms with van der Waals surface area (Å²) in [7, 11) is 1.45. The van der Waals surface area contributed by atoms with Crippen LogP contribution in [0.15, 0.2) is 36.4 Å². The minimum absolute atomic E-state index is 0.0931. The van der Waals surface area contributed by atoms with Crippen LogP contribution >= 0.6 is 0 Å². The first-order valence-corrected chi connectivity index (χ1v) is 7.50. The van der Waals surface area contributed by atoms with Gasteiger partial charge in [0.2, 0.25) is 0 Å². The number of carbonyl (C=O) groups excluding carboxylic acids is 2. The number of carbonyl (C=O) groups is 2. The highest BCUT2D eigenvalue weighted by molar-refractivity contribution is 5.94. The Bertz CT molecular complexity index is 764. The number of ether oxygens (including phenoxy) is 3. The van der Waals surface area contributed by atoms with Gasteiger partial charge in [0.15, 0.2) is 23.9 Å². The number of esters is 1. The zero-order valence-electron chi connectivity index (χ0n) is 14.2. The molecule has 24 heavy (non-hydrogen) atoms. The lowest BCUT2D eigenvalue weighted by molar-refractivity contribution is -0.136. The van der Waals surface area contributed by atoms with Crippen LogP contribution in [0.5, 0.6) is 17.2 Å². The molecule has 0 aliphatic rings. The fraction of sp³-hybridized carbons (Fsp3) is 0.263. The molecule has 0 aliphatic heterocycles. The van der Waals surface area contributed by atoms with Gasteiger partial charge < -0.3 is 14.2 Å². The van der Waals surface area contributed by atoms with Gasteiger partial charge in [-0.15, -0.1) is 0 Å². The van der Waals surface area contributed by atoms with Crippen LogP contribution in [0.25, 0.3) is 0 Å². The lowest BCUT2D eigenvalue weighted by atomic mass is 10.1. The third kappa shape index (κ3) is 4.35. The second-order valence-corrected chi connectivity index (χ2v) is 5.45. The number of benzene rings is 2. The molecule has 2 rings (SSSR count). The van der Waals surface area contributed by atoms with Gasteiger partial charge in [-0.3, -0.25) is 4.79 Å². The van der Waals surface area contributed by atoms with E-state index in [1.54, 1.807) is 6.07 Å². The molecule has 2 aromatic carbocycles. The van der Waals surface area contributed by atoms with Crippen LogP contribution < -0.4 is 14.2 Å². The van der Waals surface area contributed by atoms with Gasteiger partial charge in [0.1, 0.15) is 5.75 Å². The van der Waals surface area contributed by atoms with Gasteiger partial charge in [0.25, 0.3) is 0 Å². The average Bonchev–Trinajstić information content (AvgIpc) is 2.55. The summed E-state index contributed by atoms with van der Waals surface area (Å²) in [6.45, 7) is 5.09. The SMILES string of the molecule is COc1cc(C(C)=O)ccc1OC(=O)COc1cc(C)ccc1C. The van der Waals surface area contributed by atoms with Crippen molar-refractivity contribution in [3.8, 4) is 17.2 Å². The summed E-state index contributed by atoms with van der Waals surface area (Å²) in [5.74, 6) is 0.569. The fourth-order valence-electron chi connectivity index (χ4n) is 2.12. The molecular formula is C19H20O5. The number of methoxy groups -OCH3 is 1. The highest BCUT2D eigenvalue weighted by atomic mass is 16.6.